The van der Waals surface area contributed by atoms with Crippen LogP contribution in [-0.2, 0) is 25.0 Å². The van der Waals surface area contributed by atoms with Crippen LogP contribution in [0.3, 0.4) is 0 Å². The van der Waals surface area contributed by atoms with Crippen molar-refractivity contribution in [3.8, 4) is 5.69 Å². The molecule has 2 aromatic heterocycles. The van der Waals surface area contributed by atoms with E-state index in [2.05, 4.69) is 27.0 Å². The summed E-state index contributed by atoms with van der Waals surface area (Å²) in [7, 11) is 0. The minimum Gasteiger partial charge on any atom is -0.416 e. The average Bonchev–Trinajstić information content (AvgIpc) is 3.44. The zero-order valence-corrected chi connectivity index (χ0v) is 16.5. The molecule has 5 nitrogen and oxygen atoms in total. The van der Waals surface area contributed by atoms with Crippen molar-refractivity contribution in [2.24, 2.45) is 0 Å². The lowest BCUT2D eigenvalue weighted by atomic mass is 10.1. The standard InChI is InChI=1S/C22H19FN4OS/c23-16-7-4-6-15(12-16)13-21-24-25-22(28-21)29-14-19-18-10-5-11-20(18)27(26-19)17-8-2-1-3-9-17/h1-4,6-9,12H,5,10-11,13-14H2. The summed E-state index contributed by atoms with van der Waals surface area (Å²) < 4.78 is 21.2. The van der Waals surface area contributed by atoms with E-state index in [0.717, 1.165) is 36.2 Å². The minimum atomic E-state index is -0.264. The van der Waals surface area contributed by atoms with Crippen molar-refractivity contribution in [3.63, 3.8) is 0 Å². The molecule has 0 unspecified atom stereocenters. The molecule has 0 fully saturated rings. The van der Waals surface area contributed by atoms with Crippen LogP contribution in [-0.4, -0.2) is 20.0 Å². The first-order valence-electron chi connectivity index (χ1n) is 9.61. The van der Waals surface area contributed by atoms with Crippen molar-refractivity contribution < 1.29 is 8.81 Å². The molecule has 1 aliphatic carbocycles. The quantitative estimate of drug-likeness (QED) is 0.432. The van der Waals surface area contributed by atoms with Crippen LogP contribution in [0.2, 0.25) is 0 Å². The molecule has 29 heavy (non-hydrogen) atoms. The van der Waals surface area contributed by atoms with Gasteiger partial charge < -0.3 is 4.42 Å². The van der Waals surface area contributed by atoms with Crippen LogP contribution in [0.15, 0.2) is 64.2 Å². The largest absolute Gasteiger partial charge is 0.416 e. The van der Waals surface area contributed by atoms with Crippen molar-refractivity contribution in [2.45, 2.75) is 36.7 Å². The van der Waals surface area contributed by atoms with Gasteiger partial charge in [0.2, 0.25) is 5.89 Å². The highest BCUT2D eigenvalue weighted by molar-refractivity contribution is 7.98. The summed E-state index contributed by atoms with van der Waals surface area (Å²) in [5.74, 6) is 0.904. The molecule has 0 saturated heterocycles. The number of halogens is 1. The maximum absolute atomic E-state index is 13.3. The Bertz CT molecular complexity index is 1140. The monoisotopic (exact) mass is 406 g/mol. The molecule has 0 N–H and O–H groups in total. The first kappa shape index (κ1) is 18.1. The Hall–Kier alpha value is -2.93. The number of benzene rings is 2. The average molecular weight is 406 g/mol. The second kappa shape index (κ2) is 7.83. The summed E-state index contributed by atoms with van der Waals surface area (Å²) in [4.78, 5) is 0. The highest BCUT2D eigenvalue weighted by Crippen LogP contribution is 2.31. The van der Waals surface area contributed by atoms with Gasteiger partial charge in [0.05, 0.1) is 17.8 Å². The normalized spacial score (nSPS) is 13.0. The number of para-hydroxylation sites is 1. The van der Waals surface area contributed by atoms with Crippen molar-refractivity contribution in [2.75, 3.05) is 0 Å². The van der Waals surface area contributed by atoms with Crippen LogP contribution in [0.4, 0.5) is 4.39 Å². The van der Waals surface area contributed by atoms with E-state index < -0.39 is 0 Å². The lowest BCUT2D eigenvalue weighted by molar-refractivity contribution is 0.420. The van der Waals surface area contributed by atoms with Gasteiger partial charge in [-0.05, 0) is 54.7 Å². The van der Waals surface area contributed by atoms with E-state index in [1.54, 1.807) is 6.07 Å². The molecule has 1 aliphatic rings. The third-order valence-electron chi connectivity index (χ3n) is 5.04. The van der Waals surface area contributed by atoms with Crippen LogP contribution in [0.25, 0.3) is 5.69 Å². The molecule has 0 radical (unpaired) electrons. The molecule has 4 aromatic rings. The van der Waals surface area contributed by atoms with Crippen LogP contribution in [0.5, 0.6) is 0 Å². The molecular weight excluding hydrogens is 387 g/mol. The molecule has 7 heteroatoms. The topological polar surface area (TPSA) is 56.7 Å². The summed E-state index contributed by atoms with van der Waals surface area (Å²) in [6, 6.07) is 16.7. The molecule has 0 amide bonds. The third-order valence-corrected chi connectivity index (χ3v) is 5.87. The van der Waals surface area contributed by atoms with E-state index in [9.17, 15) is 4.39 Å². The van der Waals surface area contributed by atoms with Gasteiger partial charge in [0, 0.05) is 11.4 Å². The summed E-state index contributed by atoms with van der Waals surface area (Å²) in [6.07, 6.45) is 3.70. The van der Waals surface area contributed by atoms with E-state index in [4.69, 9.17) is 9.52 Å². The zero-order valence-electron chi connectivity index (χ0n) is 15.7. The Morgan fingerprint density at radius 1 is 1.03 bits per heavy atom. The van der Waals surface area contributed by atoms with Gasteiger partial charge in [-0.15, -0.1) is 10.2 Å². The molecule has 2 heterocycles. The number of hydrogen-bond acceptors (Lipinski definition) is 5. The fourth-order valence-corrected chi connectivity index (χ4v) is 4.48. The fourth-order valence-electron chi connectivity index (χ4n) is 3.73. The Morgan fingerprint density at radius 3 is 2.79 bits per heavy atom. The zero-order chi connectivity index (χ0) is 19.6. The van der Waals surface area contributed by atoms with Gasteiger partial charge in [0.25, 0.3) is 5.22 Å². The van der Waals surface area contributed by atoms with E-state index in [-0.39, 0.29) is 5.82 Å². The minimum absolute atomic E-state index is 0.264. The van der Waals surface area contributed by atoms with E-state index in [1.165, 1.54) is 35.2 Å². The second-order valence-corrected chi connectivity index (χ2v) is 7.96. The van der Waals surface area contributed by atoms with Crippen LogP contribution >= 0.6 is 11.8 Å². The highest BCUT2D eigenvalue weighted by Gasteiger charge is 2.23. The summed E-state index contributed by atoms with van der Waals surface area (Å²) in [6.45, 7) is 0. The molecule has 5 rings (SSSR count). The summed E-state index contributed by atoms with van der Waals surface area (Å²) in [5.41, 5.74) is 5.64. The maximum atomic E-state index is 13.3. The van der Waals surface area contributed by atoms with Crippen molar-refractivity contribution in [1.82, 2.24) is 20.0 Å². The van der Waals surface area contributed by atoms with Gasteiger partial charge in [-0.3, -0.25) is 0 Å². The Kier molecular flexibility index (Phi) is 4.89. The summed E-state index contributed by atoms with van der Waals surface area (Å²) in [5, 5.41) is 13.6. The number of thioether (sulfide) groups is 1. The fraction of sp³-hybridized carbons (Fsp3) is 0.227. The van der Waals surface area contributed by atoms with Gasteiger partial charge in [0.15, 0.2) is 0 Å². The first-order chi connectivity index (χ1) is 14.3. The molecule has 0 saturated carbocycles. The van der Waals surface area contributed by atoms with Crippen molar-refractivity contribution in [1.29, 1.82) is 0 Å². The van der Waals surface area contributed by atoms with E-state index in [1.807, 2.05) is 24.3 Å². The SMILES string of the molecule is Fc1cccc(Cc2nnc(SCc3nn(-c4ccccc4)c4c3CCC4)o2)c1. The second-order valence-electron chi connectivity index (χ2n) is 7.03. The molecule has 0 spiro atoms. The van der Waals surface area contributed by atoms with E-state index in [0.29, 0.717) is 23.3 Å². The van der Waals surface area contributed by atoms with E-state index >= 15 is 0 Å². The lowest BCUT2D eigenvalue weighted by Crippen LogP contribution is -2.01. The molecule has 2 aromatic carbocycles. The van der Waals surface area contributed by atoms with Gasteiger partial charge in [0.1, 0.15) is 5.82 Å². The predicted octanol–water partition coefficient (Wildman–Crippen LogP) is 4.77. The number of nitrogens with zero attached hydrogens (tertiary/aromatic N) is 4. The van der Waals surface area contributed by atoms with Gasteiger partial charge in [-0.25, -0.2) is 9.07 Å². The molecular formula is C22H19FN4OS. The first-order valence-corrected chi connectivity index (χ1v) is 10.6. The third kappa shape index (κ3) is 3.82. The van der Waals surface area contributed by atoms with Crippen molar-refractivity contribution in [3.05, 3.63) is 88.8 Å². The number of rotatable bonds is 6. The number of aromatic nitrogens is 4. The Morgan fingerprint density at radius 2 is 1.93 bits per heavy atom. The van der Waals surface area contributed by atoms with Crippen LogP contribution < -0.4 is 0 Å². The molecule has 146 valence electrons. The number of hydrogen-bond donors (Lipinski definition) is 0. The molecule has 0 bridgehead atoms. The highest BCUT2D eigenvalue weighted by atomic mass is 32.2. The van der Waals surface area contributed by atoms with Gasteiger partial charge in [-0.2, -0.15) is 5.10 Å². The molecule has 0 aliphatic heterocycles. The van der Waals surface area contributed by atoms with Gasteiger partial charge >= 0.3 is 0 Å². The van der Waals surface area contributed by atoms with Crippen LogP contribution in [0.1, 0.15) is 34.8 Å². The Balaban J connectivity index is 1.31. The Labute approximate surface area is 172 Å². The lowest BCUT2D eigenvalue weighted by Gasteiger charge is -2.04. The number of fused-ring (bicyclic) bond motifs is 1. The maximum Gasteiger partial charge on any atom is 0.276 e. The van der Waals surface area contributed by atoms with Crippen molar-refractivity contribution >= 4 is 11.8 Å². The van der Waals surface area contributed by atoms with Crippen LogP contribution in [0, 0.1) is 5.82 Å². The van der Waals surface area contributed by atoms with Gasteiger partial charge in [-0.1, -0.05) is 42.1 Å². The smallest absolute Gasteiger partial charge is 0.276 e. The molecule has 0 atom stereocenters. The summed E-state index contributed by atoms with van der Waals surface area (Å²) >= 11 is 1.49. The predicted molar refractivity (Wildman–Crippen MR) is 109 cm³/mol.